The molecule has 0 aromatic heterocycles. The first kappa shape index (κ1) is 14.7. The van der Waals surface area contributed by atoms with Crippen LogP contribution in [0.1, 0.15) is 39.5 Å². The van der Waals surface area contributed by atoms with Crippen molar-refractivity contribution in [3.63, 3.8) is 0 Å². The summed E-state index contributed by atoms with van der Waals surface area (Å²) in [6, 6.07) is 0. The Morgan fingerprint density at radius 2 is 1.81 bits per heavy atom. The first-order valence-electron chi connectivity index (χ1n) is 5.83. The van der Waals surface area contributed by atoms with Crippen LogP contribution in [0.4, 0.5) is 0 Å². The number of hydrogen-bond donors (Lipinski definition) is 1. The second-order valence-corrected chi connectivity index (χ2v) is 3.50. The van der Waals surface area contributed by atoms with Crippen molar-refractivity contribution in [2.75, 3.05) is 13.2 Å². The van der Waals surface area contributed by atoms with Gasteiger partial charge in [0.15, 0.2) is 0 Å². The lowest BCUT2D eigenvalue weighted by atomic mass is 10.3. The van der Waals surface area contributed by atoms with E-state index in [1.165, 1.54) is 6.08 Å². The Bertz CT molecular complexity index is 212. The van der Waals surface area contributed by atoms with Gasteiger partial charge in [0.25, 0.3) is 0 Å². The third kappa shape index (κ3) is 9.24. The molecule has 0 aliphatic carbocycles. The summed E-state index contributed by atoms with van der Waals surface area (Å²) in [7, 11) is 0. The van der Waals surface area contributed by atoms with Crippen molar-refractivity contribution in [1.29, 1.82) is 0 Å². The van der Waals surface area contributed by atoms with Crippen LogP contribution in [0, 0.1) is 0 Å². The summed E-state index contributed by atoms with van der Waals surface area (Å²) in [5, 5.41) is 2.67. The van der Waals surface area contributed by atoms with Gasteiger partial charge >= 0.3 is 5.97 Å². The van der Waals surface area contributed by atoms with Gasteiger partial charge in [-0.3, -0.25) is 4.79 Å². The van der Waals surface area contributed by atoms with E-state index < -0.39 is 5.97 Å². The predicted molar refractivity (Wildman–Crippen MR) is 62.9 cm³/mol. The number of ether oxygens (including phenoxy) is 1. The molecule has 92 valence electrons. The van der Waals surface area contributed by atoms with Crippen LogP contribution >= 0.6 is 0 Å². The van der Waals surface area contributed by atoms with E-state index in [4.69, 9.17) is 4.74 Å². The lowest BCUT2D eigenvalue weighted by Crippen LogP contribution is -2.22. The summed E-state index contributed by atoms with van der Waals surface area (Å²) in [5.74, 6) is -0.708. The number of esters is 1. The summed E-state index contributed by atoms with van der Waals surface area (Å²) in [5.41, 5.74) is 0. The fourth-order valence-corrected chi connectivity index (χ4v) is 0.956. The zero-order valence-corrected chi connectivity index (χ0v) is 10.1. The van der Waals surface area contributed by atoms with E-state index in [1.54, 1.807) is 0 Å². The Morgan fingerprint density at radius 1 is 1.12 bits per heavy atom. The van der Waals surface area contributed by atoms with E-state index in [2.05, 4.69) is 5.32 Å². The van der Waals surface area contributed by atoms with E-state index in [0.717, 1.165) is 31.8 Å². The maximum Gasteiger partial charge on any atom is 0.330 e. The molecule has 0 saturated heterocycles. The monoisotopic (exact) mass is 227 g/mol. The molecule has 0 unspecified atom stereocenters. The molecule has 0 heterocycles. The van der Waals surface area contributed by atoms with Crippen molar-refractivity contribution in [2.24, 2.45) is 0 Å². The maximum absolute atomic E-state index is 11.1. The van der Waals surface area contributed by atoms with Gasteiger partial charge in [0.05, 0.1) is 6.61 Å². The average molecular weight is 227 g/mol. The fourth-order valence-electron chi connectivity index (χ4n) is 0.956. The molecule has 0 aliphatic rings. The van der Waals surface area contributed by atoms with Crippen molar-refractivity contribution in [2.45, 2.75) is 39.5 Å². The van der Waals surface area contributed by atoms with E-state index in [-0.39, 0.29) is 5.91 Å². The van der Waals surface area contributed by atoms with Gasteiger partial charge in [-0.2, -0.15) is 0 Å². The highest BCUT2D eigenvalue weighted by atomic mass is 16.5. The number of hydrogen-bond acceptors (Lipinski definition) is 3. The van der Waals surface area contributed by atoms with Gasteiger partial charge in [0.2, 0.25) is 5.91 Å². The quantitative estimate of drug-likeness (QED) is 0.391. The fraction of sp³-hybridized carbons (Fsp3) is 0.667. The zero-order chi connectivity index (χ0) is 12.2. The maximum atomic E-state index is 11.1. The number of unbranched alkanes of at least 4 members (excludes halogenated alkanes) is 2. The molecule has 0 spiro atoms. The minimum Gasteiger partial charge on any atom is -0.463 e. The molecule has 0 aromatic rings. The van der Waals surface area contributed by atoms with Crippen molar-refractivity contribution in [3.8, 4) is 0 Å². The molecule has 0 radical (unpaired) electrons. The average Bonchev–Trinajstić information content (AvgIpc) is 2.27. The van der Waals surface area contributed by atoms with Crippen molar-refractivity contribution in [3.05, 3.63) is 12.2 Å². The van der Waals surface area contributed by atoms with E-state index in [9.17, 15) is 9.59 Å². The molecule has 4 heteroatoms. The van der Waals surface area contributed by atoms with E-state index >= 15 is 0 Å². The van der Waals surface area contributed by atoms with E-state index in [0.29, 0.717) is 13.2 Å². The third-order valence-electron chi connectivity index (χ3n) is 1.94. The van der Waals surface area contributed by atoms with Gasteiger partial charge in [-0.15, -0.1) is 0 Å². The molecule has 0 aromatic carbocycles. The molecule has 0 fully saturated rings. The second kappa shape index (κ2) is 10.2. The minimum absolute atomic E-state index is 0.249. The normalized spacial score (nSPS) is 10.4. The largest absolute Gasteiger partial charge is 0.463 e. The Kier molecular flexibility index (Phi) is 9.36. The second-order valence-electron chi connectivity index (χ2n) is 3.50. The summed E-state index contributed by atoms with van der Waals surface area (Å²) in [6.07, 6.45) is 6.18. The van der Waals surface area contributed by atoms with Crippen LogP contribution in [0.15, 0.2) is 12.2 Å². The van der Waals surface area contributed by atoms with Crippen molar-refractivity contribution >= 4 is 11.9 Å². The number of nitrogens with one attached hydrogen (secondary N) is 1. The lowest BCUT2D eigenvalue weighted by molar-refractivity contribution is -0.138. The molecule has 0 rings (SSSR count). The number of carbonyl (C=O) groups excluding carboxylic acids is 2. The van der Waals surface area contributed by atoms with Gasteiger partial charge in [0.1, 0.15) is 0 Å². The van der Waals surface area contributed by atoms with Gasteiger partial charge < -0.3 is 10.1 Å². The van der Waals surface area contributed by atoms with Crippen LogP contribution in [0.3, 0.4) is 0 Å². The van der Waals surface area contributed by atoms with Gasteiger partial charge in [-0.25, -0.2) is 4.79 Å². The molecule has 16 heavy (non-hydrogen) atoms. The number of carbonyl (C=O) groups is 2. The molecule has 0 saturated carbocycles. The van der Waals surface area contributed by atoms with Crippen LogP contribution in [0.2, 0.25) is 0 Å². The summed E-state index contributed by atoms with van der Waals surface area (Å²) in [4.78, 5) is 22.2. The summed E-state index contributed by atoms with van der Waals surface area (Å²) < 4.78 is 4.85. The molecule has 1 amide bonds. The first-order chi connectivity index (χ1) is 7.70. The summed E-state index contributed by atoms with van der Waals surface area (Å²) in [6.45, 7) is 5.12. The van der Waals surface area contributed by atoms with Crippen LogP contribution < -0.4 is 5.32 Å². The first-order valence-corrected chi connectivity index (χ1v) is 5.83. The molecule has 0 atom stereocenters. The molecule has 1 N–H and O–H groups in total. The number of rotatable bonds is 8. The third-order valence-corrected chi connectivity index (χ3v) is 1.94. The van der Waals surface area contributed by atoms with Crippen LogP contribution in [-0.2, 0) is 14.3 Å². The molecular weight excluding hydrogens is 206 g/mol. The standard InChI is InChI=1S/C12H21NO3/c1-3-5-9-13-11(14)7-8-12(15)16-10-6-4-2/h7-8H,3-6,9-10H2,1-2H3,(H,13,14). The highest BCUT2D eigenvalue weighted by Crippen LogP contribution is 1.90. The molecule has 0 aliphatic heterocycles. The van der Waals surface area contributed by atoms with Gasteiger partial charge in [-0.1, -0.05) is 26.7 Å². The zero-order valence-electron chi connectivity index (χ0n) is 10.1. The van der Waals surface area contributed by atoms with Gasteiger partial charge in [0, 0.05) is 18.7 Å². The Labute approximate surface area is 97.1 Å². The Balaban J connectivity index is 3.63. The highest BCUT2D eigenvalue weighted by Gasteiger charge is 1.98. The SMILES string of the molecule is CCCCNC(=O)C=CC(=O)OCCCC. The molecule has 0 bridgehead atoms. The Morgan fingerprint density at radius 3 is 2.44 bits per heavy atom. The highest BCUT2D eigenvalue weighted by molar-refractivity contribution is 5.94. The van der Waals surface area contributed by atoms with Crippen molar-refractivity contribution < 1.29 is 14.3 Å². The molecular formula is C12H21NO3. The molecule has 4 nitrogen and oxygen atoms in total. The van der Waals surface area contributed by atoms with Crippen LogP contribution in [0.5, 0.6) is 0 Å². The smallest absolute Gasteiger partial charge is 0.330 e. The summed E-state index contributed by atoms with van der Waals surface area (Å²) >= 11 is 0. The van der Waals surface area contributed by atoms with Crippen LogP contribution in [0.25, 0.3) is 0 Å². The number of amides is 1. The van der Waals surface area contributed by atoms with Crippen LogP contribution in [-0.4, -0.2) is 25.0 Å². The minimum atomic E-state index is -0.459. The van der Waals surface area contributed by atoms with Gasteiger partial charge in [-0.05, 0) is 12.8 Å². The van der Waals surface area contributed by atoms with E-state index in [1.807, 2.05) is 13.8 Å². The van der Waals surface area contributed by atoms with Crippen molar-refractivity contribution in [1.82, 2.24) is 5.32 Å². The lowest BCUT2D eigenvalue weighted by Gasteiger charge is -2.00. The predicted octanol–water partition coefficient (Wildman–Crippen LogP) is 1.80. The Hall–Kier alpha value is -1.32. The topological polar surface area (TPSA) is 55.4 Å².